The molecule has 1 aliphatic carbocycles. The maximum atomic E-state index is 10.9. The molecule has 4 heteroatoms. The maximum absolute atomic E-state index is 10.9. The number of aliphatic carboxylic acids is 1. The summed E-state index contributed by atoms with van der Waals surface area (Å²) in [5, 5.41) is 8.97. The molecule has 0 bridgehead atoms. The Kier molecular flexibility index (Phi) is 3.06. The lowest BCUT2D eigenvalue weighted by atomic mass is 9.77. The highest BCUT2D eigenvalue weighted by molar-refractivity contribution is 5.72. The minimum Gasteiger partial charge on any atom is -0.479 e. The molecule has 0 amide bonds. The Morgan fingerprint density at radius 1 is 1.44 bits per heavy atom. The van der Waals surface area contributed by atoms with Gasteiger partial charge in [-0.1, -0.05) is 24.3 Å². The van der Waals surface area contributed by atoms with E-state index in [-0.39, 0.29) is 0 Å². The Bertz CT molecular complexity index is 460. The van der Waals surface area contributed by atoms with Crippen molar-refractivity contribution in [1.82, 2.24) is 4.90 Å². The van der Waals surface area contributed by atoms with Crippen LogP contribution in [0.25, 0.3) is 0 Å². The summed E-state index contributed by atoms with van der Waals surface area (Å²) in [6, 6.07) is 8.50. The molecule has 0 spiro atoms. The first-order valence-electron chi connectivity index (χ1n) is 6.38. The molecule has 2 atom stereocenters. The molecule has 1 N–H and O–H groups in total. The average molecular weight is 247 g/mol. The van der Waals surface area contributed by atoms with Crippen LogP contribution in [0.4, 0.5) is 0 Å². The number of carboxylic acid groups (broad SMARTS) is 1. The number of hydrogen-bond donors (Lipinski definition) is 1. The van der Waals surface area contributed by atoms with E-state index in [0.29, 0.717) is 19.1 Å². The first-order chi connectivity index (χ1) is 8.74. The molecular weight excluding hydrogens is 230 g/mol. The van der Waals surface area contributed by atoms with Crippen molar-refractivity contribution in [3.63, 3.8) is 0 Å². The van der Waals surface area contributed by atoms with E-state index in [0.717, 1.165) is 19.5 Å². The lowest BCUT2D eigenvalue weighted by Gasteiger charge is -2.37. The monoisotopic (exact) mass is 247 g/mol. The van der Waals surface area contributed by atoms with Crippen LogP contribution in [0.2, 0.25) is 0 Å². The maximum Gasteiger partial charge on any atom is 0.334 e. The zero-order valence-electron chi connectivity index (χ0n) is 10.2. The molecule has 1 aliphatic heterocycles. The molecule has 1 aromatic carbocycles. The fourth-order valence-corrected chi connectivity index (χ4v) is 2.86. The van der Waals surface area contributed by atoms with Crippen LogP contribution >= 0.6 is 0 Å². The topological polar surface area (TPSA) is 49.8 Å². The van der Waals surface area contributed by atoms with Gasteiger partial charge < -0.3 is 9.84 Å². The fraction of sp³-hybridized carbons (Fsp3) is 0.500. The Balaban J connectivity index is 1.60. The molecule has 0 radical (unpaired) electrons. The van der Waals surface area contributed by atoms with E-state index in [2.05, 4.69) is 29.2 Å². The minimum atomic E-state index is -0.853. The van der Waals surface area contributed by atoms with E-state index >= 15 is 0 Å². The summed E-state index contributed by atoms with van der Waals surface area (Å²) in [5.74, 6) is -0.289. The number of hydrogen-bond acceptors (Lipinski definition) is 3. The van der Waals surface area contributed by atoms with E-state index in [1.54, 1.807) is 0 Å². The highest BCUT2D eigenvalue weighted by atomic mass is 16.5. The number of morpholine rings is 1. The van der Waals surface area contributed by atoms with E-state index in [4.69, 9.17) is 9.84 Å². The van der Waals surface area contributed by atoms with E-state index in [9.17, 15) is 4.79 Å². The molecule has 0 aromatic heterocycles. The molecule has 1 saturated heterocycles. The number of carboxylic acids is 1. The minimum absolute atomic E-state index is 0.508. The lowest BCUT2D eigenvalue weighted by molar-refractivity contribution is -0.156. The third kappa shape index (κ3) is 2.13. The largest absolute Gasteiger partial charge is 0.479 e. The SMILES string of the molecule is O=C(O)C1CN(CC2Cc3ccccc32)CCO1. The van der Waals surface area contributed by atoms with Gasteiger partial charge in [-0.15, -0.1) is 0 Å². The van der Waals surface area contributed by atoms with Crippen molar-refractivity contribution < 1.29 is 14.6 Å². The molecule has 2 unspecified atom stereocenters. The quantitative estimate of drug-likeness (QED) is 0.869. The predicted molar refractivity (Wildman–Crippen MR) is 66.7 cm³/mol. The summed E-state index contributed by atoms with van der Waals surface area (Å²) in [5.41, 5.74) is 2.86. The fourth-order valence-electron chi connectivity index (χ4n) is 2.86. The number of rotatable bonds is 3. The summed E-state index contributed by atoms with van der Waals surface area (Å²) in [4.78, 5) is 13.1. The van der Waals surface area contributed by atoms with Gasteiger partial charge >= 0.3 is 5.97 Å². The van der Waals surface area contributed by atoms with Crippen molar-refractivity contribution >= 4 is 5.97 Å². The van der Waals surface area contributed by atoms with Gasteiger partial charge in [-0.05, 0) is 17.5 Å². The number of benzene rings is 1. The van der Waals surface area contributed by atoms with Crippen molar-refractivity contribution in [1.29, 1.82) is 0 Å². The van der Waals surface area contributed by atoms with Crippen LogP contribution < -0.4 is 0 Å². The zero-order valence-corrected chi connectivity index (χ0v) is 10.2. The van der Waals surface area contributed by atoms with Crippen molar-refractivity contribution in [2.24, 2.45) is 0 Å². The Labute approximate surface area is 106 Å². The van der Waals surface area contributed by atoms with Gasteiger partial charge in [0, 0.05) is 25.6 Å². The van der Waals surface area contributed by atoms with Crippen LogP contribution in [-0.4, -0.2) is 48.3 Å². The van der Waals surface area contributed by atoms with Gasteiger partial charge in [0.1, 0.15) is 0 Å². The molecule has 96 valence electrons. The molecule has 18 heavy (non-hydrogen) atoms. The standard InChI is InChI=1S/C14H17NO3/c16-14(17)13-9-15(5-6-18-13)8-11-7-10-3-1-2-4-12(10)11/h1-4,11,13H,5-9H2,(H,16,17). The summed E-state index contributed by atoms with van der Waals surface area (Å²) < 4.78 is 5.23. The molecule has 1 fully saturated rings. The van der Waals surface area contributed by atoms with Crippen molar-refractivity contribution in [3.05, 3.63) is 35.4 Å². The van der Waals surface area contributed by atoms with E-state index < -0.39 is 12.1 Å². The molecule has 3 rings (SSSR count). The molecular formula is C14H17NO3. The van der Waals surface area contributed by atoms with Crippen LogP contribution in [0.3, 0.4) is 0 Å². The van der Waals surface area contributed by atoms with Gasteiger partial charge in [0.15, 0.2) is 6.10 Å². The Hall–Kier alpha value is -1.39. The molecule has 2 aliphatic rings. The number of ether oxygens (including phenoxy) is 1. The van der Waals surface area contributed by atoms with Gasteiger partial charge in [0.25, 0.3) is 0 Å². The average Bonchev–Trinajstić information content (AvgIpc) is 2.36. The summed E-state index contributed by atoms with van der Waals surface area (Å²) in [6.45, 7) is 2.81. The molecule has 0 saturated carbocycles. The normalized spacial score (nSPS) is 27.3. The summed E-state index contributed by atoms with van der Waals surface area (Å²) >= 11 is 0. The first kappa shape index (κ1) is 11.7. The van der Waals surface area contributed by atoms with Crippen molar-refractivity contribution in [2.45, 2.75) is 18.4 Å². The van der Waals surface area contributed by atoms with Crippen molar-refractivity contribution in [2.75, 3.05) is 26.2 Å². The van der Waals surface area contributed by atoms with Crippen LogP contribution in [0, 0.1) is 0 Å². The summed E-state index contributed by atoms with van der Waals surface area (Å²) in [6.07, 6.45) is 0.458. The smallest absolute Gasteiger partial charge is 0.334 e. The zero-order chi connectivity index (χ0) is 12.5. The van der Waals surface area contributed by atoms with Gasteiger partial charge in [0.2, 0.25) is 0 Å². The third-order valence-corrected chi connectivity index (χ3v) is 3.87. The predicted octanol–water partition coefficient (Wildman–Crippen LogP) is 1.11. The van der Waals surface area contributed by atoms with Crippen molar-refractivity contribution in [3.8, 4) is 0 Å². The van der Waals surface area contributed by atoms with E-state index in [1.807, 2.05) is 0 Å². The molecule has 1 heterocycles. The second-order valence-electron chi connectivity index (χ2n) is 5.06. The van der Waals surface area contributed by atoms with Gasteiger partial charge in [0.05, 0.1) is 6.61 Å². The Morgan fingerprint density at radius 2 is 2.28 bits per heavy atom. The van der Waals surface area contributed by atoms with Crippen LogP contribution in [0.15, 0.2) is 24.3 Å². The van der Waals surface area contributed by atoms with Crippen LogP contribution in [0.5, 0.6) is 0 Å². The number of carbonyl (C=O) groups is 1. The third-order valence-electron chi connectivity index (χ3n) is 3.87. The van der Waals surface area contributed by atoms with Crippen LogP contribution in [-0.2, 0) is 16.0 Å². The Morgan fingerprint density at radius 3 is 3.06 bits per heavy atom. The summed E-state index contributed by atoms with van der Waals surface area (Å²) in [7, 11) is 0. The number of fused-ring (bicyclic) bond motifs is 1. The van der Waals surface area contributed by atoms with Crippen LogP contribution in [0.1, 0.15) is 17.0 Å². The second kappa shape index (κ2) is 4.71. The number of nitrogens with zero attached hydrogens (tertiary/aromatic N) is 1. The van der Waals surface area contributed by atoms with Gasteiger partial charge in [-0.25, -0.2) is 4.79 Å². The van der Waals surface area contributed by atoms with Gasteiger partial charge in [-0.2, -0.15) is 0 Å². The lowest BCUT2D eigenvalue weighted by Crippen LogP contribution is -2.48. The molecule has 4 nitrogen and oxygen atoms in total. The highest BCUT2D eigenvalue weighted by Gasteiger charge is 2.31. The van der Waals surface area contributed by atoms with Gasteiger partial charge in [-0.3, -0.25) is 4.90 Å². The highest BCUT2D eigenvalue weighted by Crippen LogP contribution is 2.35. The van der Waals surface area contributed by atoms with E-state index in [1.165, 1.54) is 11.1 Å². The first-order valence-corrected chi connectivity index (χ1v) is 6.38. The molecule has 1 aromatic rings. The second-order valence-corrected chi connectivity index (χ2v) is 5.06.